The Labute approximate surface area is 193 Å². The zero-order valence-electron chi connectivity index (χ0n) is 18.7. The largest absolute Gasteiger partial charge is 0.368 e. The van der Waals surface area contributed by atoms with Gasteiger partial charge in [-0.2, -0.15) is 0 Å². The highest BCUT2D eigenvalue weighted by molar-refractivity contribution is 5.93. The first-order chi connectivity index (χ1) is 16.1. The van der Waals surface area contributed by atoms with Crippen LogP contribution in [0, 0.1) is 6.92 Å². The van der Waals surface area contributed by atoms with E-state index in [1.165, 1.54) is 0 Å². The van der Waals surface area contributed by atoms with Gasteiger partial charge in [-0.3, -0.25) is 9.63 Å². The van der Waals surface area contributed by atoms with Crippen molar-refractivity contribution < 1.29 is 14.4 Å². The molecule has 0 aliphatic carbocycles. The lowest BCUT2D eigenvalue weighted by atomic mass is 10.1. The summed E-state index contributed by atoms with van der Waals surface area (Å²) in [6, 6.07) is 24.8. The summed E-state index contributed by atoms with van der Waals surface area (Å²) in [6.07, 6.45) is 0. The lowest BCUT2D eigenvalue weighted by Gasteiger charge is -2.36. The summed E-state index contributed by atoms with van der Waals surface area (Å²) in [5, 5.41) is 2.95. The van der Waals surface area contributed by atoms with Gasteiger partial charge in [0.2, 0.25) is 0 Å². The zero-order valence-corrected chi connectivity index (χ0v) is 18.7. The molecule has 4 rings (SSSR count). The number of carbonyl (C=O) groups is 2. The first kappa shape index (κ1) is 22.4. The van der Waals surface area contributed by atoms with Gasteiger partial charge in [-0.15, -0.1) is 0 Å². The number of piperazine rings is 1. The Morgan fingerprint density at radius 1 is 0.848 bits per heavy atom. The van der Waals surface area contributed by atoms with E-state index < -0.39 is 0 Å². The molecule has 3 aromatic carbocycles. The van der Waals surface area contributed by atoms with E-state index in [0.29, 0.717) is 25.3 Å². The zero-order chi connectivity index (χ0) is 23.0. The predicted molar refractivity (Wildman–Crippen MR) is 129 cm³/mol. The third-order valence-electron chi connectivity index (χ3n) is 5.61. The molecule has 0 unspecified atom stereocenters. The van der Waals surface area contributed by atoms with E-state index >= 15 is 0 Å². The molecule has 1 heterocycles. The highest BCUT2D eigenvalue weighted by atomic mass is 16.6. The number of nitrogens with zero attached hydrogens (tertiary/aromatic N) is 2. The van der Waals surface area contributed by atoms with Gasteiger partial charge in [0.05, 0.1) is 6.61 Å². The van der Waals surface area contributed by atoms with Crippen LogP contribution >= 0.6 is 0 Å². The maximum Gasteiger partial charge on any atom is 0.321 e. The number of aryl methyl sites for hydroxylation is 1. The molecule has 0 spiro atoms. The summed E-state index contributed by atoms with van der Waals surface area (Å²) in [6.45, 7) is 5.05. The minimum Gasteiger partial charge on any atom is -0.368 e. The minimum absolute atomic E-state index is 0.0824. The third kappa shape index (κ3) is 6.11. The Morgan fingerprint density at radius 3 is 2.18 bits per heavy atom. The van der Waals surface area contributed by atoms with Crippen LogP contribution in [0.4, 0.5) is 16.2 Å². The van der Waals surface area contributed by atoms with Crippen LogP contribution in [-0.4, -0.2) is 43.0 Å². The van der Waals surface area contributed by atoms with Crippen LogP contribution in [0.5, 0.6) is 0 Å². The van der Waals surface area contributed by atoms with E-state index in [9.17, 15) is 9.59 Å². The summed E-state index contributed by atoms with van der Waals surface area (Å²) >= 11 is 0. The summed E-state index contributed by atoms with van der Waals surface area (Å²) in [4.78, 5) is 34.2. The van der Waals surface area contributed by atoms with Crippen molar-refractivity contribution in [3.05, 3.63) is 95.6 Å². The van der Waals surface area contributed by atoms with Gasteiger partial charge in [-0.1, -0.05) is 48.0 Å². The Bertz CT molecular complexity index is 1060. The number of urea groups is 1. The lowest BCUT2D eigenvalue weighted by Crippen LogP contribution is -2.50. The van der Waals surface area contributed by atoms with Crippen molar-refractivity contribution in [2.75, 3.05) is 36.4 Å². The van der Waals surface area contributed by atoms with Crippen molar-refractivity contribution in [3.63, 3.8) is 0 Å². The van der Waals surface area contributed by atoms with Gasteiger partial charge in [-0.05, 0) is 48.9 Å². The van der Waals surface area contributed by atoms with Gasteiger partial charge >= 0.3 is 6.03 Å². The molecule has 1 aliphatic heterocycles. The number of amides is 3. The lowest BCUT2D eigenvalue weighted by molar-refractivity contribution is 0.0233. The molecule has 1 aliphatic rings. The summed E-state index contributed by atoms with van der Waals surface area (Å²) in [5.41, 5.74) is 6.98. The number of carbonyl (C=O) groups excluding carboxylic acids is 2. The van der Waals surface area contributed by atoms with Crippen LogP contribution < -0.4 is 15.7 Å². The van der Waals surface area contributed by atoms with Gasteiger partial charge in [0.15, 0.2) is 0 Å². The number of anilines is 2. The average molecular weight is 445 g/mol. The van der Waals surface area contributed by atoms with E-state index in [1.807, 2.05) is 78.6 Å². The molecule has 0 atom stereocenters. The van der Waals surface area contributed by atoms with Gasteiger partial charge < -0.3 is 15.1 Å². The number of rotatable bonds is 6. The number of nitrogens with one attached hydrogen (secondary N) is 2. The fourth-order valence-corrected chi connectivity index (χ4v) is 3.65. The molecular formula is C26H28N4O3. The Balaban J connectivity index is 1.23. The third-order valence-corrected chi connectivity index (χ3v) is 5.61. The molecule has 1 fully saturated rings. The van der Waals surface area contributed by atoms with E-state index in [-0.39, 0.29) is 11.9 Å². The SMILES string of the molecule is Cc1ccc(NC(=O)N2CCN(c3ccc(C(=O)NOCc4ccccc4)cc3)CC2)cc1. The maximum absolute atomic E-state index is 12.5. The predicted octanol–water partition coefficient (Wildman–Crippen LogP) is 4.21. The molecule has 0 radical (unpaired) electrons. The Kier molecular flexibility index (Phi) is 7.22. The first-order valence-corrected chi connectivity index (χ1v) is 11.0. The molecular weight excluding hydrogens is 416 g/mol. The van der Waals surface area contributed by atoms with E-state index in [1.54, 1.807) is 12.1 Å². The van der Waals surface area contributed by atoms with Crippen molar-refractivity contribution in [1.82, 2.24) is 10.4 Å². The normalized spacial score (nSPS) is 13.5. The van der Waals surface area contributed by atoms with E-state index in [2.05, 4.69) is 15.7 Å². The van der Waals surface area contributed by atoms with Crippen molar-refractivity contribution in [3.8, 4) is 0 Å². The fraction of sp³-hybridized carbons (Fsp3) is 0.231. The molecule has 7 nitrogen and oxygen atoms in total. The van der Waals surface area contributed by atoms with E-state index in [4.69, 9.17) is 4.84 Å². The van der Waals surface area contributed by atoms with Gasteiger partial charge in [0.1, 0.15) is 0 Å². The Morgan fingerprint density at radius 2 is 1.52 bits per heavy atom. The summed E-state index contributed by atoms with van der Waals surface area (Å²) in [7, 11) is 0. The molecule has 33 heavy (non-hydrogen) atoms. The van der Waals surface area contributed by atoms with Crippen LogP contribution in [-0.2, 0) is 11.4 Å². The van der Waals surface area contributed by atoms with Gasteiger partial charge in [-0.25, -0.2) is 10.3 Å². The standard InChI is InChI=1S/C26H28N4O3/c1-20-7-11-23(12-8-20)27-26(32)30-17-15-29(16-18-30)24-13-9-22(10-14-24)25(31)28-33-19-21-5-3-2-4-6-21/h2-14H,15-19H2,1H3,(H,27,32)(H,28,31). The van der Waals surface area contributed by atoms with Crippen LogP contribution in [0.3, 0.4) is 0 Å². The number of hydroxylamine groups is 1. The first-order valence-electron chi connectivity index (χ1n) is 11.0. The van der Waals surface area contributed by atoms with Crippen LogP contribution in [0.1, 0.15) is 21.5 Å². The van der Waals surface area contributed by atoms with Gasteiger partial charge in [0, 0.05) is 43.1 Å². The molecule has 2 N–H and O–H groups in total. The molecule has 3 amide bonds. The van der Waals surface area contributed by atoms with Gasteiger partial charge in [0.25, 0.3) is 5.91 Å². The van der Waals surface area contributed by atoms with Crippen molar-refractivity contribution in [1.29, 1.82) is 0 Å². The van der Waals surface area contributed by atoms with Crippen LogP contribution in [0.2, 0.25) is 0 Å². The Hall–Kier alpha value is -3.84. The molecule has 0 aromatic heterocycles. The second kappa shape index (κ2) is 10.7. The maximum atomic E-state index is 12.5. The van der Waals surface area contributed by atoms with Crippen LogP contribution in [0.25, 0.3) is 0 Å². The van der Waals surface area contributed by atoms with Crippen molar-refractivity contribution in [2.24, 2.45) is 0 Å². The number of benzene rings is 3. The number of hydrogen-bond acceptors (Lipinski definition) is 4. The summed E-state index contributed by atoms with van der Waals surface area (Å²) in [5.74, 6) is -0.282. The smallest absolute Gasteiger partial charge is 0.321 e. The highest BCUT2D eigenvalue weighted by Gasteiger charge is 2.21. The highest BCUT2D eigenvalue weighted by Crippen LogP contribution is 2.18. The summed E-state index contributed by atoms with van der Waals surface area (Å²) < 4.78 is 0. The second-order valence-corrected chi connectivity index (χ2v) is 8.02. The van der Waals surface area contributed by atoms with Crippen LogP contribution in [0.15, 0.2) is 78.9 Å². The topological polar surface area (TPSA) is 73.9 Å². The molecule has 0 saturated carbocycles. The molecule has 170 valence electrons. The second-order valence-electron chi connectivity index (χ2n) is 8.02. The monoisotopic (exact) mass is 444 g/mol. The van der Waals surface area contributed by atoms with E-state index in [0.717, 1.165) is 35.6 Å². The number of hydrogen-bond donors (Lipinski definition) is 2. The molecule has 1 saturated heterocycles. The average Bonchev–Trinajstić information content (AvgIpc) is 2.86. The van der Waals surface area contributed by atoms with Crippen molar-refractivity contribution in [2.45, 2.75) is 13.5 Å². The molecule has 0 bridgehead atoms. The fourth-order valence-electron chi connectivity index (χ4n) is 3.65. The molecule has 7 heteroatoms. The quantitative estimate of drug-likeness (QED) is 0.559. The minimum atomic E-state index is -0.282. The molecule has 3 aromatic rings. The van der Waals surface area contributed by atoms with Crippen molar-refractivity contribution >= 4 is 23.3 Å².